The quantitative estimate of drug-likeness (QED) is 0.119. The lowest BCUT2D eigenvalue weighted by Gasteiger charge is -2.13. The molecule has 0 amide bonds. The van der Waals surface area contributed by atoms with Crippen LogP contribution < -0.4 is 14.2 Å². The van der Waals surface area contributed by atoms with Crippen LogP contribution in [0.4, 0.5) is 0 Å². The maximum atomic E-state index is 13.8. The number of benzene rings is 4. The fourth-order valence-electron chi connectivity index (χ4n) is 4.19. The summed E-state index contributed by atoms with van der Waals surface area (Å²) in [5.74, 6) is 1.98. The van der Waals surface area contributed by atoms with Crippen molar-refractivity contribution < 1.29 is 23.4 Å². The van der Waals surface area contributed by atoms with Gasteiger partial charge in [-0.05, 0) is 79.1 Å². The Hall–Kier alpha value is -4.84. The Labute approximate surface area is 233 Å². The smallest absolute Gasteiger partial charge is 0.231 e. The first-order valence-electron chi connectivity index (χ1n) is 13.4. The van der Waals surface area contributed by atoms with E-state index in [4.69, 9.17) is 18.6 Å². The lowest BCUT2D eigenvalue weighted by Crippen LogP contribution is -2.04. The Morgan fingerprint density at radius 2 is 1.60 bits per heavy atom. The number of Topliss-reactive ketones (excluding diaryl/α,β-unsaturated/α-hetero) is 1. The van der Waals surface area contributed by atoms with Gasteiger partial charge in [0.05, 0.1) is 18.8 Å². The summed E-state index contributed by atoms with van der Waals surface area (Å²) in [5.41, 5.74) is 3.94. The molecule has 0 bridgehead atoms. The third kappa shape index (κ3) is 6.41. The van der Waals surface area contributed by atoms with Gasteiger partial charge in [-0.25, -0.2) is 4.98 Å². The molecule has 1 aromatic heterocycles. The Bertz CT molecular complexity index is 1570. The number of carbonyl (C=O) groups is 1. The number of fused-ring (bicyclic) bond motifs is 1. The van der Waals surface area contributed by atoms with Gasteiger partial charge in [0.2, 0.25) is 5.89 Å². The number of hydrogen-bond acceptors (Lipinski definition) is 6. The molecular weight excluding hydrogens is 502 g/mol. The second-order valence-corrected chi connectivity index (χ2v) is 9.16. The molecule has 0 unspecified atom stereocenters. The van der Waals surface area contributed by atoms with Gasteiger partial charge in [0.25, 0.3) is 0 Å². The molecule has 0 N–H and O–H groups in total. The first-order chi connectivity index (χ1) is 19.6. The van der Waals surface area contributed by atoms with Crippen LogP contribution in [0.15, 0.2) is 101 Å². The second kappa shape index (κ2) is 12.8. The summed E-state index contributed by atoms with van der Waals surface area (Å²) in [6.45, 7) is 5.48. The minimum absolute atomic E-state index is 0.212. The van der Waals surface area contributed by atoms with Crippen LogP contribution in [-0.4, -0.2) is 24.0 Å². The van der Waals surface area contributed by atoms with Gasteiger partial charge < -0.3 is 18.6 Å². The van der Waals surface area contributed by atoms with Gasteiger partial charge in [-0.15, -0.1) is 0 Å². The van der Waals surface area contributed by atoms with E-state index in [0.717, 1.165) is 23.3 Å². The Morgan fingerprint density at radius 1 is 0.825 bits per heavy atom. The largest absolute Gasteiger partial charge is 0.494 e. The molecule has 0 radical (unpaired) electrons. The van der Waals surface area contributed by atoms with E-state index in [0.29, 0.717) is 53.6 Å². The number of allylic oxidation sites excluding steroid dienone is 1. The predicted molar refractivity (Wildman–Crippen MR) is 157 cm³/mol. The molecule has 0 spiro atoms. The summed E-state index contributed by atoms with van der Waals surface area (Å²) in [6.07, 6.45) is 2.68. The summed E-state index contributed by atoms with van der Waals surface area (Å²) in [4.78, 5) is 18.4. The van der Waals surface area contributed by atoms with E-state index in [1.165, 1.54) is 0 Å². The fourth-order valence-corrected chi connectivity index (χ4v) is 4.19. The molecule has 0 saturated carbocycles. The summed E-state index contributed by atoms with van der Waals surface area (Å²) in [7, 11) is 0. The van der Waals surface area contributed by atoms with Crippen LogP contribution in [0, 0.1) is 0 Å². The number of nitrogens with zero attached hydrogens (tertiary/aromatic N) is 1. The SMILES string of the molecule is CCCOc1ccc(C(=O)/C(=C/c2ccc(OCc3ccccc3)c(OCC)c2)c2nc3ccccc3o2)cc1. The highest BCUT2D eigenvalue weighted by atomic mass is 16.5. The fraction of sp³-hybridized carbons (Fsp3) is 0.176. The number of rotatable bonds is 12. The topological polar surface area (TPSA) is 70.8 Å². The summed E-state index contributed by atoms with van der Waals surface area (Å²) >= 11 is 0. The van der Waals surface area contributed by atoms with Crippen molar-refractivity contribution in [1.29, 1.82) is 0 Å². The molecule has 0 saturated heterocycles. The van der Waals surface area contributed by atoms with Gasteiger partial charge in [-0.3, -0.25) is 4.79 Å². The maximum absolute atomic E-state index is 13.8. The Balaban J connectivity index is 1.50. The highest BCUT2D eigenvalue weighted by Gasteiger charge is 2.21. The molecule has 40 heavy (non-hydrogen) atoms. The summed E-state index contributed by atoms with van der Waals surface area (Å²) in [5, 5.41) is 0. The highest BCUT2D eigenvalue weighted by molar-refractivity contribution is 6.31. The summed E-state index contributed by atoms with van der Waals surface area (Å²) < 4.78 is 23.7. The normalized spacial score (nSPS) is 11.4. The molecule has 6 heteroatoms. The van der Waals surface area contributed by atoms with Crippen LogP contribution in [-0.2, 0) is 6.61 Å². The van der Waals surface area contributed by atoms with Crippen LogP contribution >= 0.6 is 0 Å². The van der Waals surface area contributed by atoms with Crippen molar-refractivity contribution >= 4 is 28.5 Å². The third-order valence-corrected chi connectivity index (χ3v) is 6.17. The van der Waals surface area contributed by atoms with Crippen molar-refractivity contribution in [3.8, 4) is 17.2 Å². The summed E-state index contributed by atoms with van der Waals surface area (Å²) in [6, 6.07) is 30.1. The molecule has 0 fully saturated rings. The van der Waals surface area contributed by atoms with Gasteiger partial charge in [0.1, 0.15) is 17.9 Å². The molecule has 5 rings (SSSR count). The van der Waals surface area contributed by atoms with Crippen molar-refractivity contribution in [2.24, 2.45) is 0 Å². The van der Waals surface area contributed by atoms with Crippen molar-refractivity contribution in [3.63, 3.8) is 0 Å². The number of ether oxygens (including phenoxy) is 3. The van der Waals surface area contributed by atoms with E-state index in [9.17, 15) is 4.79 Å². The van der Waals surface area contributed by atoms with E-state index in [2.05, 4.69) is 4.98 Å². The number of hydrogen-bond donors (Lipinski definition) is 0. The molecule has 4 aromatic carbocycles. The predicted octanol–water partition coefficient (Wildman–Crippen LogP) is 8.02. The second-order valence-electron chi connectivity index (χ2n) is 9.16. The van der Waals surface area contributed by atoms with Gasteiger partial charge in [0, 0.05) is 5.56 Å². The standard InChI is InChI=1S/C34H31NO5/c1-3-20-38-27-17-15-26(16-18-27)33(36)28(34-35-29-12-8-9-13-30(29)40-34)21-25-14-19-31(32(22-25)37-4-2)39-23-24-10-6-5-7-11-24/h5-19,21-22H,3-4,20,23H2,1-2H3/b28-21-. The minimum atomic E-state index is -0.212. The van der Waals surface area contributed by atoms with Gasteiger partial charge >= 0.3 is 0 Å². The van der Waals surface area contributed by atoms with Crippen molar-refractivity contribution in [1.82, 2.24) is 4.98 Å². The first kappa shape index (κ1) is 26.8. The zero-order valence-electron chi connectivity index (χ0n) is 22.6. The van der Waals surface area contributed by atoms with Gasteiger partial charge in [0.15, 0.2) is 22.9 Å². The molecule has 202 valence electrons. The monoisotopic (exact) mass is 533 g/mol. The van der Waals surface area contributed by atoms with Crippen LogP contribution in [0.2, 0.25) is 0 Å². The van der Waals surface area contributed by atoms with E-state index in [-0.39, 0.29) is 11.7 Å². The number of aromatic nitrogens is 1. The van der Waals surface area contributed by atoms with Crippen LogP contribution in [0.25, 0.3) is 22.7 Å². The zero-order chi connectivity index (χ0) is 27.7. The minimum Gasteiger partial charge on any atom is -0.494 e. The van der Waals surface area contributed by atoms with E-state index in [1.807, 2.05) is 86.6 Å². The molecule has 6 nitrogen and oxygen atoms in total. The third-order valence-electron chi connectivity index (χ3n) is 6.17. The number of para-hydroxylation sites is 2. The number of ketones is 1. The van der Waals surface area contributed by atoms with Crippen molar-refractivity contribution in [3.05, 3.63) is 120 Å². The first-order valence-corrected chi connectivity index (χ1v) is 13.4. The molecule has 0 atom stereocenters. The Kier molecular flexibility index (Phi) is 8.57. The zero-order valence-corrected chi connectivity index (χ0v) is 22.6. The molecule has 0 aliphatic heterocycles. The number of oxazole rings is 1. The average molecular weight is 534 g/mol. The molecule has 1 heterocycles. The van der Waals surface area contributed by atoms with Crippen LogP contribution in [0.3, 0.4) is 0 Å². The number of carbonyl (C=O) groups excluding carboxylic acids is 1. The lowest BCUT2D eigenvalue weighted by molar-refractivity contribution is 0.105. The average Bonchev–Trinajstić information content (AvgIpc) is 3.43. The lowest BCUT2D eigenvalue weighted by atomic mass is 10.0. The van der Waals surface area contributed by atoms with Crippen molar-refractivity contribution in [2.45, 2.75) is 26.9 Å². The molecule has 0 aliphatic carbocycles. The van der Waals surface area contributed by atoms with Crippen molar-refractivity contribution in [2.75, 3.05) is 13.2 Å². The highest BCUT2D eigenvalue weighted by Crippen LogP contribution is 2.32. The molecule has 0 aliphatic rings. The molecule has 5 aromatic rings. The maximum Gasteiger partial charge on any atom is 0.231 e. The van der Waals surface area contributed by atoms with Crippen LogP contribution in [0.5, 0.6) is 17.2 Å². The van der Waals surface area contributed by atoms with E-state index in [1.54, 1.807) is 30.3 Å². The van der Waals surface area contributed by atoms with Gasteiger partial charge in [-0.1, -0.05) is 55.5 Å². The van der Waals surface area contributed by atoms with Gasteiger partial charge in [-0.2, -0.15) is 0 Å². The molecular formula is C34H31NO5. The van der Waals surface area contributed by atoms with E-state index >= 15 is 0 Å². The Morgan fingerprint density at radius 3 is 2.35 bits per heavy atom. The van der Waals surface area contributed by atoms with Crippen LogP contribution in [0.1, 0.15) is 47.6 Å². The van der Waals surface area contributed by atoms with E-state index < -0.39 is 0 Å².